The van der Waals surface area contributed by atoms with Gasteiger partial charge in [0, 0.05) is 33.1 Å². The third-order valence-electron chi connectivity index (χ3n) is 2.59. The second-order valence-corrected chi connectivity index (χ2v) is 4.12. The van der Waals surface area contributed by atoms with Crippen LogP contribution < -0.4 is 5.32 Å². The Labute approximate surface area is 97.5 Å². The van der Waals surface area contributed by atoms with Crippen molar-refractivity contribution < 1.29 is 4.79 Å². The molecule has 0 aromatic heterocycles. The molecule has 1 rings (SSSR count). The zero-order valence-electron chi connectivity index (χ0n) is 10.2. The maximum Gasteiger partial charge on any atom is 0.223 e. The lowest BCUT2D eigenvalue weighted by Gasteiger charge is -2.15. The van der Waals surface area contributed by atoms with E-state index in [1.165, 1.54) is 5.56 Å². The first-order valence-corrected chi connectivity index (χ1v) is 5.59. The lowest BCUT2D eigenvalue weighted by Crippen LogP contribution is -2.28. The Morgan fingerprint density at radius 3 is 2.50 bits per heavy atom. The maximum atomic E-state index is 11.3. The Bertz CT molecular complexity index is 322. The van der Waals surface area contributed by atoms with E-state index in [0.717, 1.165) is 0 Å². The molecule has 1 N–H and O–H groups in total. The van der Waals surface area contributed by atoms with E-state index in [-0.39, 0.29) is 11.9 Å². The van der Waals surface area contributed by atoms with Crippen LogP contribution in [0, 0.1) is 0 Å². The largest absolute Gasteiger partial charge is 0.349 e. The van der Waals surface area contributed by atoms with E-state index in [2.05, 4.69) is 24.4 Å². The van der Waals surface area contributed by atoms with Gasteiger partial charge in [0.1, 0.15) is 0 Å². The molecular weight excluding hydrogens is 200 g/mol. The third-order valence-corrected chi connectivity index (χ3v) is 2.59. The molecule has 0 saturated carbocycles. The molecule has 88 valence electrons. The molecule has 3 heteroatoms. The fourth-order valence-corrected chi connectivity index (χ4v) is 1.48. The van der Waals surface area contributed by atoms with Crippen LogP contribution in [0.2, 0.25) is 0 Å². The summed E-state index contributed by atoms with van der Waals surface area (Å²) in [6, 6.07) is 10.5. The summed E-state index contributed by atoms with van der Waals surface area (Å²) in [6.45, 7) is 2.82. The highest BCUT2D eigenvalue weighted by Gasteiger charge is 2.06. The summed E-state index contributed by atoms with van der Waals surface area (Å²) in [7, 11) is 3.56. The molecule has 3 nitrogen and oxygen atoms in total. The lowest BCUT2D eigenvalue weighted by atomic mass is 10.1. The number of benzene rings is 1. The van der Waals surface area contributed by atoms with Gasteiger partial charge in [0.05, 0.1) is 0 Å². The summed E-state index contributed by atoms with van der Waals surface area (Å²) in [5.74, 6) is 0.160. The van der Waals surface area contributed by atoms with Gasteiger partial charge in [0.2, 0.25) is 5.91 Å². The summed E-state index contributed by atoms with van der Waals surface area (Å²) in [5, 5.41) is 3.34. The minimum atomic E-state index is 0.160. The van der Waals surface area contributed by atoms with Gasteiger partial charge < -0.3 is 10.2 Å². The van der Waals surface area contributed by atoms with Crippen molar-refractivity contribution >= 4 is 5.91 Å². The number of hydrogen-bond acceptors (Lipinski definition) is 2. The van der Waals surface area contributed by atoms with Crippen LogP contribution in [0.25, 0.3) is 0 Å². The molecule has 0 spiro atoms. The van der Waals surface area contributed by atoms with Gasteiger partial charge in [-0.25, -0.2) is 0 Å². The summed E-state index contributed by atoms with van der Waals surface area (Å²) < 4.78 is 0. The molecule has 0 fully saturated rings. The quantitative estimate of drug-likeness (QED) is 0.821. The van der Waals surface area contributed by atoms with Gasteiger partial charge in [-0.15, -0.1) is 0 Å². The van der Waals surface area contributed by atoms with E-state index in [1.807, 2.05) is 18.2 Å². The van der Waals surface area contributed by atoms with Crippen LogP contribution in [0.1, 0.15) is 24.9 Å². The van der Waals surface area contributed by atoms with Crippen molar-refractivity contribution in [2.24, 2.45) is 0 Å². The molecule has 1 aromatic carbocycles. The SMILES string of the molecule is C[C@H](NCCC(=O)N(C)C)c1ccccc1. The third kappa shape index (κ3) is 4.03. The van der Waals surface area contributed by atoms with Crippen molar-refractivity contribution in [2.45, 2.75) is 19.4 Å². The molecule has 0 aliphatic rings. The molecular formula is C13H20N2O. The van der Waals surface area contributed by atoms with Gasteiger partial charge in [-0.2, -0.15) is 0 Å². The Hall–Kier alpha value is -1.35. The van der Waals surface area contributed by atoms with Crippen LogP contribution in [-0.4, -0.2) is 31.4 Å². The molecule has 0 unspecified atom stereocenters. The average Bonchev–Trinajstić information content (AvgIpc) is 2.29. The monoisotopic (exact) mass is 220 g/mol. The number of nitrogens with zero attached hydrogens (tertiary/aromatic N) is 1. The van der Waals surface area contributed by atoms with E-state index in [4.69, 9.17) is 0 Å². The van der Waals surface area contributed by atoms with Crippen molar-refractivity contribution in [1.82, 2.24) is 10.2 Å². The zero-order valence-corrected chi connectivity index (χ0v) is 10.2. The van der Waals surface area contributed by atoms with Crippen molar-refractivity contribution in [3.8, 4) is 0 Å². The fraction of sp³-hybridized carbons (Fsp3) is 0.462. The van der Waals surface area contributed by atoms with Gasteiger partial charge in [-0.1, -0.05) is 30.3 Å². The van der Waals surface area contributed by atoms with Crippen LogP contribution in [-0.2, 0) is 4.79 Å². The van der Waals surface area contributed by atoms with E-state index < -0.39 is 0 Å². The highest BCUT2D eigenvalue weighted by atomic mass is 16.2. The second-order valence-electron chi connectivity index (χ2n) is 4.12. The van der Waals surface area contributed by atoms with Gasteiger partial charge >= 0.3 is 0 Å². The molecule has 1 aromatic rings. The number of hydrogen-bond donors (Lipinski definition) is 1. The number of rotatable bonds is 5. The second kappa shape index (κ2) is 6.28. The summed E-state index contributed by atoms with van der Waals surface area (Å²) in [4.78, 5) is 13.0. The maximum absolute atomic E-state index is 11.3. The van der Waals surface area contributed by atoms with E-state index in [1.54, 1.807) is 19.0 Å². The predicted octanol–water partition coefficient (Wildman–Crippen LogP) is 1.82. The minimum absolute atomic E-state index is 0.160. The number of amides is 1. The Morgan fingerprint density at radius 1 is 1.31 bits per heavy atom. The smallest absolute Gasteiger partial charge is 0.223 e. The molecule has 0 heterocycles. The molecule has 0 radical (unpaired) electrons. The summed E-state index contributed by atoms with van der Waals surface area (Å²) in [5.41, 5.74) is 1.25. The fourth-order valence-electron chi connectivity index (χ4n) is 1.48. The van der Waals surface area contributed by atoms with Gasteiger partial charge in [-0.05, 0) is 12.5 Å². The number of carbonyl (C=O) groups excluding carboxylic acids is 1. The average molecular weight is 220 g/mol. The van der Waals surface area contributed by atoms with Crippen molar-refractivity contribution in [2.75, 3.05) is 20.6 Å². The highest BCUT2D eigenvalue weighted by Crippen LogP contribution is 2.10. The van der Waals surface area contributed by atoms with Crippen molar-refractivity contribution in [3.05, 3.63) is 35.9 Å². The first-order chi connectivity index (χ1) is 7.61. The minimum Gasteiger partial charge on any atom is -0.349 e. The molecule has 1 atom stereocenters. The Kier molecular flexibility index (Phi) is 4.99. The zero-order chi connectivity index (χ0) is 12.0. The van der Waals surface area contributed by atoms with Gasteiger partial charge in [0.15, 0.2) is 0 Å². The Balaban J connectivity index is 2.31. The molecule has 1 amide bonds. The lowest BCUT2D eigenvalue weighted by molar-refractivity contribution is -0.128. The van der Waals surface area contributed by atoms with Crippen LogP contribution in [0.5, 0.6) is 0 Å². The normalized spacial score (nSPS) is 12.2. The molecule has 0 aliphatic carbocycles. The van der Waals surface area contributed by atoms with E-state index in [9.17, 15) is 4.79 Å². The predicted molar refractivity (Wildman–Crippen MR) is 66.2 cm³/mol. The molecule has 0 bridgehead atoms. The number of nitrogens with one attached hydrogen (secondary N) is 1. The van der Waals surface area contributed by atoms with Crippen LogP contribution in [0.3, 0.4) is 0 Å². The van der Waals surface area contributed by atoms with Gasteiger partial charge in [-0.3, -0.25) is 4.79 Å². The van der Waals surface area contributed by atoms with E-state index >= 15 is 0 Å². The van der Waals surface area contributed by atoms with Crippen molar-refractivity contribution in [3.63, 3.8) is 0 Å². The molecule has 0 aliphatic heterocycles. The summed E-state index contributed by atoms with van der Waals surface area (Å²) >= 11 is 0. The topological polar surface area (TPSA) is 32.3 Å². The van der Waals surface area contributed by atoms with E-state index in [0.29, 0.717) is 13.0 Å². The number of carbonyl (C=O) groups is 1. The van der Waals surface area contributed by atoms with Crippen LogP contribution in [0.4, 0.5) is 0 Å². The summed E-state index contributed by atoms with van der Waals surface area (Å²) in [6.07, 6.45) is 0.546. The molecule has 16 heavy (non-hydrogen) atoms. The van der Waals surface area contributed by atoms with Crippen molar-refractivity contribution in [1.29, 1.82) is 0 Å². The Morgan fingerprint density at radius 2 is 1.94 bits per heavy atom. The first kappa shape index (κ1) is 12.7. The standard InChI is InChI=1S/C13H20N2O/c1-11(12-7-5-4-6-8-12)14-10-9-13(16)15(2)3/h4-8,11,14H,9-10H2,1-3H3/t11-/m0/s1. The van der Waals surface area contributed by atoms with Crippen LogP contribution in [0.15, 0.2) is 30.3 Å². The van der Waals surface area contributed by atoms with Crippen LogP contribution >= 0.6 is 0 Å². The molecule has 0 saturated heterocycles. The highest BCUT2D eigenvalue weighted by molar-refractivity contribution is 5.75. The van der Waals surface area contributed by atoms with Gasteiger partial charge in [0.25, 0.3) is 0 Å². The first-order valence-electron chi connectivity index (χ1n) is 5.59.